The largest absolute Gasteiger partial charge is 0.282 e. The molecule has 1 aromatic carbocycles. The maximum absolute atomic E-state index is 10.4. The van der Waals surface area contributed by atoms with E-state index in [1.165, 1.54) is 6.92 Å². The second kappa shape index (κ2) is 11.2. The fourth-order valence-corrected chi connectivity index (χ4v) is 0.695. The van der Waals surface area contributed by atoms with Gasteiger partial charge in [-0.3, -0.25) is 9.59 Å². The first-order valence-corrected chi connectivity index (χ1v) is 5.20. The van der Waals surface area contributed by atoms with Crippen molar-refractivity contribution >= 4 is 33.7 Å². The van der Waals surface area contributed by atoms with Crippen molar-refractivity contribution in [3.05, 3.63) is 35.9 Å². The number of halogens is 2. The molecule has 15 heavy (non-hydrogen) atoms. The molecule has 1 aromatic rings. The maximum atomic E-state index is 10.4. The second-order valence-electron chi connectivity index (χ2n) is 2.11. The molecule has 0 aliphatic heterocycles. The fourth-order valence-electron chi connectivity index (χ4n) is 0.569. The molecule has 0 atom stereocenters. The minimum absolute atomic E-state index is 0.361. The van der Waals surface area contributed by atoms with Crippen LogP contribution in [0.25, 0.3) is 0 Å². The van der Waals surface area contributed by atoms with Crippen LogP contribution in [0.15, 0.2) is 30.3 Å². The number of hydrogen-bond donors (Lipinski definition) is 0. The molecule has 0 saturated heterocycles. The Hall–Kier alpha value is -0.860. The van der Waals surface area contributed by atoms with Gasteiger partial charge in [0.1, 0.15) is 0 Å². The summed E-state index contributed by atoms with van der Waals surface area (Å²) in [5.74, 6) is 0. The summed E-state index contributed by atoms with van der Waals surface area (Å²) in [7, 11) is 0. The Morgan fingerprint density at radius 2 is 1.33 bits per heavy atom. The zero-order valence-electron chi connectivity index (χ0n) is 8.96. The first-order valence-electron chi connectivity index (χ1n) is 4.45. The van der Waals surface area contributed by atoms with Crippen molar-refractivity contribution in [2.45, 2.75) is 20.8 Å². The van der Waals surface area contributed by atoms with Gasteiger partial charge < -0.3 is 0 Å². The molecular formula is C11H14Cl2O2. The standard InChI is InChI=1S/C7H5ClO.C2H3ClO.C2H6/c8-7(9)6-4-2-1-3-5-6;1-2(3)4;1-2/h1-5H;1H3;1-2H3. The van der Waals surface area contributed by atoms with Gasteiger partial charge in [-0.2, -0.15) is 0 Å². The Kier molecular flexibility index (Phi) is 12.4. The molecule has 0 saturated carbocycles. The summed E-state index contributed by atoms with van der Waals surface area (Å²) >= 11 is 9.80. The van der Waals surface area contributed by atoms with Gasteiger partial charge >= 0.3 is 0 Å². The Morgan fingerprint density at radius 1 is 1.00 bits per heavy atom. The molecule has 0 unspecified atom stereocenters. The summed E-state index contributed by atoms with van der Waals surface area (Å²) in [6.45, 7) is 5.29. The van der Waals surface area contributed by atoms with Crippen molar-refractivity contribution in [1.29, 1.82) is 0 Å². The van der Waals surface area contributed by atoms with Crippen molar-refractivity contribution in [2.24, 2.45) is 0 Å². The van der Waals surface area contributed by atoms with Gasteiger partial charge in [0.15, 0.2) is 0 Å². The molecule has 0 fully saturated rings. The highest BCUT2D eigenvalue weighted by Gasteiger charge is 1.95. The maximum Gasteiger partial charge on any atom is 0.252 e. The van der Waals surface area contributed by atoms with Gasteiger partial charge in [-0.25, -0.2) is 0 Å². The number of carbonyl (C=O) groups excluding carboxylic acids is 2. The van der Waals surface area contributed by atoms with Gasteiger partial charge in [-0.1, -0.05) is 44.2 Å². The van der Waals surface area contributed by atoms with Gasteiger partial charge in [-0.15, -0.1) is 0 Å². The van der Waals surface area contributed by atoms with Crippen molar-refractivity contribution in [3.8, 4) is 0 Å². The van der Waals surface area contributed by atoms with Gasteiger partial charge in [-0.05, 0) is 23.2 Å². The molecule has 0 aromatic heterocycles. The molecule has 0 N–H and O–H groups in total. The Morgan fingerprint density at radius 3 is 1.53 bits per heavy atom. The Balaban J connectivity index is 0. The molecule has 0 radical (unpaired) electrons. The predicted octanol–water partition coefficient (Wildman–Crippen LogP) is 3.86. The highest BCUT2D eigenvalue weighted by molar-refractivity contribution is 6.67. The summed E-state index contributed by atoms with van der Waals surface area (Å²) in [5.41, 5.74) is 0.541. The van der Waals surface area contributed by atoms with Crippen molar-refractivity contribution in [2.75, 3.05) is 0 Å². The lowest BCUT2D eigenvalue weighted by Crippen LogP contribution is -1.84. The number of hydrogen-bond acceptors (Lipinski definition) is 2. The van der Waals surface area contributed by atoms with Crippen molar-refractivity contribution in [1.82, 2.24) is 0 Å². The van der Waals surface area contributed by atoms with Crippen molar-refractivity contribution in [3.63, 3.8) is 0 Å². The van der Waals surface area contributed by atoms with Crippen LogP contribution in [0.3, 0.4) is 0 Å². The monoisotopic (exact) mass is 248 g/mol. The van der Waals surface area contributed by atoms with Crippen LogP contribution in [0.1, 0.15) is 31.1 Å². The lowest BCUT2D eigenvalue weighted by molar-refractivity contribution is -0.109. The van der Waals surface area contributed by atoms with E-state index in [1.807, 2.05) is 19.9 Å². The van der Waals surface area contributed by atoms with E-state index in [0.717, 1.165) is 0 Å². The number of rotatable bonds is 1. The van der Waals surface area contributed by atoms with E-state index < -0.39 is 5.24 Å². The first kappa shape index (κ1) is 16.6. The molecule has 0 amide bonds. The first-order chi connectivity index (χ1) is 7.04. The van der Waals surface area contributed by atoms with Crippen LogP contribution in [0.4, 0.5) is 0 Å². The van der Waals surface area contributed by atoms with E-state index in [2.05, 4.69) is 11.6 Å². The number of carbonyl (C=O) groups is 2. The molecule has 0 bridgehead atoms. The molecule has 0 aliphatic rings. The lowest BCUT2D eigenvalue weighted by Gasteiger charge is -1.87. The summed E-state index contributed by atoms with van der Waals surface area (Å²) in [6, 6.07) is 8.74. The van der Waals surface area contributed by atoms with Gasteiger partial charge in [0.25, 0.3) is 5.24 Å². The van der Waals surface area contributed by atoms with E-state index >= 15 is 0 Å². The fraction of sp³-hybridized carbons (Fsp3) is 0.273. The van der Waals surface area contributed by atoms with Crippen LogP contribution in [0.2, 0.25) is 0 Å². The molecule has 0 aliphatic carbocycles. The third-order valence-electron chi connectivity index (χ3n) is 1.00. The zero-order chi connectivity index (χ0) is 12.3. The summed E-state index contributed by atoms with van der Waals surface area (Å²) < 4.78 is 0. The van der Waals surface area contributed by atoms with E-state index in [9.17, 15) is 9.59 Å². The average molecular weight is 249 g/mol. The van der Waals surface area contributed by atoms with E-state index in [0.29, 0.717) is 5.56 Å². The molecular weight excluding hydrogens is 235 g/mol. The highest BCUT2D eigenvalue weighted by atomic mass is 35.5. The van der Waals surface area contributed by atoms with E-state index in [-0.39, 0.29) is 5.24 Å². The van der Waals surface area contributed by atoms with Crippen LogP contribution in [-0.2, 0) is 4.79 Å². The SMILES string of the molecule is CC.CC(=O)Cl.O=C(Cl)c1ccccc1. The quantitative estimate of drug-likeness (QED) is 0.708. The van der Waals surface area contributed by atoms with E-state index in [1.54, 1.807) is 24.3 Å². The number of benzene rings is 1. The topological polar surface area (TPSA) is 34.1 Å². The Bertz CT molecular complexity index is 280. The average Bonchev–Trinajstić information content (AvgIpc) is 2.21. The van der Waals surface area contributed by atoms with Gasteiger partial charge in [0.2, 0.25) is 5.24 Å². The molecule has 0 heterocycles. The minimum Gasteiger partial charge on any atom is -0.282 e. The Labute approximate surface area is 100 Å². The third kappa shape index (κ3) is 13.1. The molecule has 4 heteroatoms. The van der Waals surface area contributed by atoms with Gasteiger partial charge in [0.05, 0.1) is 0 Å². The summed E-state index contributed by atoms with van der Waals surface area (Å²) in [4.78, 5) is 19.6. The zero-order valence-corrected chi connectivity index (χ0v) is 10.5. The second-order valence-corrected chi connectivity index (χ2v) is 2.99. The van der Waals surface area contributed by atoms with Crippen LogP contribution in [-0.4, -0.2) is 10.5 Å². The van der Waals surface area contributed by atoms with Crippen molar-refractivity contribution < 1.29 is 9.59 Å². The van der Waals surface area contributed by atoms with Crippen LogP contribution >= 0.6 is 23.2 Å². The minimum atomic E-state index is -0.407. The van der Waals surface area contributed by atoms with Crippen LogP contribution in [0, 0.1) is 0 Å². The molecule has 2 nitrogen and oxygen atoms in total. The normalized spacial score (nSPS) is 7.53. The molecule has 84 valence electrons. The third-order valence-corrected chi connectivity index (χ3v) is 1.22. The predicted molar refractivity (Wildman–Crippen MR) is 64.5 cm³/mol. The molecule has 1 rings (SSSR count). The van der Waals surface area contributed by atoms with Crippen LogP contribution < -0.4 is 0 Å². The van der Waals surface area contributed by atoms with Crippen LogP contribution in [0.5, 0.6) is 0 Å². The van der Waals surface area contributed by atoms with E-state index in [4.69, 9.17) is 11.6 Å². The lowest BCUT2D eigenvalue weighted by atomic mass is 10.2. The smallest absolute Gasteiger partial charge is 0.252 e. The molecule has 0 spiro atoms. The highest BCUT2D eigenvalue weighted by Crippen LogP contribution is 2.01. The van der Waals surface area contributed by atoms with Gasteiger partial charge in [0, 0.05) is 12.5 Å². The summed E-state index contributed by atoms with van der Waals surface area (Å²) in [5, 5.41) is -0.768. The summed E-state index contributed by atoms with van der Waals surface area (Å²) in [6.07, 6.45) is 0.